The number of fused-ring (bicyclic) bond motifs is 1. The molecule has 2 saturated heterocycles. The Morgan fingerprint density at radius 3 is 2.59 bits per heavy atom. The molecule has 0 aromatic heterocycles. The Morgan fingerprint density at radius 1 is 1.24 bits per heavy atom. The third-order valence-electron chi connectivity index (χ3n) is 5.60. The molecule has 8 heteroatoms. The molecule has 1 aromatic carbocycles. The summed E-state index contributed by atoms with van der Waals surface area (Å²) in [5, 5.41) is 0.578. The van der Waals surface area contributed by atoms with Crippen molar-refractivity contribution >= 4 is 44.0 Å². The van der Waals surface area contributed by atoms with Crippen molar-refractivity contribution in [3.05, 3.63) is 23.8 Å². The van der Waals surface area contributed by atoms with Crippen LogP contribution in [-0.2, 0) is 14.6 Å². The van der Waals surface area contributed by atoms with Crippen LogP contribution in [0.3, 0.4) is 0 Å². The predicted octanol–water partition coefficient (Wildman–Crippen LogP) is 3.63. The van der Waals surface area contributed by atoms with Crippen molar-refractivity contribution in [1.29, 1.82) is 0 Å². The molecule has 0 bridgehead atoms. The SMILES string of the molecule is CCCCC(=O)N=C1S[C@@H]2CS(=O)(=O)C[C@@H]2N1c1ccc(N(CC)CC)cc1C. The number of sulfone groups is 1. The van der Waals surface area contributed by atoms with Gasteiger partial charge in [0.25, 0.3) is 0 Å². The zero-order chi connectivity index (χ0) is 21.2. The summed E-state index contributed by atoms with van der Waals surface area (Å²) in [6.45, 7) is 10.2. The first-order valence-corrected chi connectivity index (χ1v) is 13.1. The number of hydrogen-bond acceptors (Lipinski definition) is 5. The lowest BCUT2D eigenvalue weighted by Gasteiger charge is -2.28. The first-order valence-electron chi connectivity index (χ1n) is 10.4. The number of anilines is 2. The van der Waals surface area contributed by atoms with Crippen LogP contribution in [0.1, 0.15) is 45.6 Å². The number of nitrogens with zero attached hydrogens (tertiary/aromatic N) is 3. The number of amides is 1. The first kappa shape index (κ1) is 22.2. The van der Waals surface area contributed by atoms with E-state index in [1.165, 1.54) is 11.8 Å². The standard InChI is InChI=1S/C21H31N3O3S2/c1-5-8-9-20(25)22-21-24(18-13-29(26,27)14-19(18)28-21)17-11-10-16(12-15(17)4)23(6-2)7-3/h10-12,18-19H,5-9,13-14H2,1-4H3/t18-,19+/m0/s1. The zero-order valence-corrected chi connectivity index (χ0v) is 19.4. The van der Waals surface area contributed by atoms with Crippen molar-refractivity contribution in [2.75, 3.05) is 34.4 Å². The van der Waals surface area contributed by atoms with Gasteiger partial charge in [0.1, 0.15) is 0 Å². The van der Waals surface area contributed by atoms with E-state index >= 15 is 0 Å². The van der Waals surface area contributed by atoms with Gasteiger partial charge in [-0.15, -0.1) is 0 Å². The van der Waals surface area contributed by atoms with Crippen molar-refractivity contribution in [2.24, 2.45) is 4.99 Å². The van der Waals surface area contributed by atoms with E-state index in [0.29, 0.717) is 11.6 Å². The molecule has 0 spiro atoms. The summed E-state index contributed by atoms with van der Waals surface area (Å²) in [5.41, 5.74) is 3.16. The molecule has 0 unspecified atom stereocenters. The molecule has 1 aromatic rings. The number of aryl methyl sites for hydroxylation is 1. The van der Waals surface area contributed by atoms with Gasteiger partial charge in [-0.05, 0) is 51.0 Å². The minimum Gasteiger partial charge on any atom is -0.372 e. The molecule has 2 aliphatic rings. The lowest BCUT2D eigenvalue weighted by Crippen LogP contribution is -2.38. The average Bonchev–Trinajstić information content (AvgIpc) is 3.12. The van der Waals surface area contributed by atoms with Crippen LogP contribution < -0.4 is 9.80 Å². The van der Waals surface area contributed by atoms with Crippen LogP contribution in [0, 0.1) is 6.92 Å². The summed E-state index contributed by atoms with van der Waals surface area (Å²) in [6, 6.07) is 6.09. The van der Waals surface area contributed by atoms with Gasteiger partial charge in [0.15, 0.2) is 15.0 Å². The third-order valence-corrected chi connectivity index (χ3v) is 8.81. The van der Waals surface area contributed by atoms with Crippen molar-refractivity contribution in [3.63, 3.8) is 0 Å². The fraction of sp³-hybridized carbons (Fsp3) is 0.619. The van der Waals surface area contributed by atoms with Crippen molar-refractivity contribution < 1.29 is 13.2 Å². The van der Waals surface area contributed by atoms with Gasteiger partial charge in [0.2, 0.25) is 5.91 Å². The number of carbonyl (C=O) groups excluding carboxylic acids is 1. The summed E-state index contributed by atoms with van der Waals surface area (Å²) < 4.78 is 24.5. The van der Waals surface area contributed by atoms with Crippen molar-refractivity contribution in [2.45, 2.75) is 58.2 Å². The molecule has 2 atom stereocenters. The topological polar surface area (TPSA) is 70.0 Å². The molecule has 2 aliphatic heterocycles. The smallest absolute Gasteiger partial charge is 0.248 e. The highest BCUT2D eigenvalue weighted by Gasteiger charge is 2.49. The Kier molecular flexibility index (Phi) is 6.94. The van der Waals surface area contributed by atoms with E-state index in [0.717, 1.165) is 42.9 Å². The monoisotopic (exact) mass is 437 g/mol. The van der Waals surface area contributed by atoms with E-state index in [1.54, 1.807) is 0 Å². The lowest BCUT2D eigenvalue weighted by atomic mass is 10.1. The quantitative estimate of drug-likeness (QED) is 0.649. The Hall–Kier alpha value is -1.54. The Balaban J connectivity index is 1.97. The minimum atomic E-state index is -3.07. The highest BCUT2D eigenvalue weighted by Crippen LogP contribution is 2.42. The Bertz CT molecular complexity index is 894. The third kappa shape index (κ3) is 4.79. The molecule has 0 N–H and O–H groups in total. The van der Waals surface area contributed by atoms with Gasteiger partial charge in [-0.2, -0.15) is 4.99 Å². The molecule has 0 radical (unpaired) electrons. The number of thioether (sulfide) groups is 1. The highest BCUT2D eigenvalue weighted by molar-refractivity contribution is 8.16. The number of unbranched alkanes of at least 4 members (excludes halogenated alkanes) is 1. The van der Waals surface area contributed by atoms with Crippen molar-refractivity contribution in [3.8, 4) is 0 Å². The molecular weight excluding hydrogens is 406 g/mol. The van der Waals surface area contributed by atoms with E-state index in [-0.39, 0.29) is 28.7 Å². The minimum absolute atomic E-state index is 0.0698. The first-order chi connectivity index (χ1) is 13.8. The molecule has 3 rings (SSSR count). The summed E-state index contributed by atoms with van der Waals surface area (Å²) in [6.07, 6.45) is 2.20. The molecule has 0 aliphatic carbocycles. The zero-order valence-electron chi connectivity index (χ0n) is 17.7. The summed E-state index contributed by atoms with van der Waals surface area (Å²) in [5.74, 6) is 0.140. The summed E-state index contributed by atoms with van der Waals surface area (Å²) in [4.78, 5) is 21.0. The van der Waals surface area contributed by atoms with Crippen LogP contribution in [0.4, 0.5) is 11.4 Å². The highest BCUT2D eigenvalue weighted by atomic mass is 32.2. The number of carbonyl (C=O) groups is 1. The fourth-order valence-corrected chi connectivity index (χ4v) is 7.96. The number of benzene rings is 1. The van der Waals surface area contributed by atoms with Gasteiger partial charge in [-0.3, -0.25) is 4.79 Å². The predicted molar refractivity (Wildman–Crippen MR) is 123 cm³/mol. The van der Waals surface area contributed by atoms with E-state index in [9.17, 15) is 13.2 Å². The second kappa shape index (κ2) is 9.08. The molecule has 6 nitrogen and oxygen atoms in total. The largest absolute Gasteiger partial charge is 0.372 e. The van der Waals surface area contributed by atoms with Crippen molar-refractivity contribution in [1.82, 2.24) is 0 Å². The maximum atomic E-state index is 12.3. The molecule has 2 heterocycles. The van der Waals surface area contributed by atoms with Crippen LogP contribution in [0.15, 0.2) is 23.2 Å². The second-order valence-corrected chi connectivity index (χ2v) is 11.1. The molecule has 160 valence electrons. The van der Waals surface area contributed by atoms with Crippen LogP contribution in [0.25, 0.3) is 0 Å². The maximum Gasteiger partial charge on any atom is 0.248 e. The fourth-order valence-electron chi connectivity index (χ4n) is 4.03. The van der Waals surface area contributed by atoms with Crippen LogP contribution in [-0.4, -0.2) is 55.4 Å². The van der Waals surface area contributed by atoms with Gasteiger partial charge in [0, 0.05) is 36.1 Å². The van der Waals surface area contributed by atoms with Crippen LogP contribution >= 0.6 is 11.8 Å². The number of hydrogen-bond donors (Lipinski definition) is 0. The van der Waals surface area contributed by atoms with Gasteiger partial charge in [0.05, 0.1) is 17.5 Å². The lowest BCUT2D eigenvalue weighted by molar-refractivity contribution is -0.117. The molecule has 29 heavy (non-hydrogen) atoms. The van der Waals surface area contributed by atoms with Gasteiger partial charge < -0.3 is 9.80 Å². The summed E-state index contributed by atoms with van der Waals surface area (Å²) >= 11 is 1.44. The van der Waals surface area contributed by atoms with E-state index in [4.69, 9.17) is 0 Å². The number of aliphatic imine (C=N–C) groups is 1. The van der Waals surface area contributed by atoms with Crippen LogP contribution in [0.5, 0.6) is 0 Å². The maximum absolute atomic E-state index is 12.3. The molecule has 0 saturated carbocycles. The Labute approximate surface area is 178 Å². The normalized spacial score (nSPS) is 24.1. The average molecular weight is 438 g/mol. The van der Waals surface area contributed by atoms with E-state index in [2.05, 4.69) is 35.9 Å². The van der Waals surface area contributed by atoms with Gasteiger partial charge in [-0.25, -0.2) is 8.42 Å². The molecular formula is C21H31N3O3S2. The number of amidine groups is 1. The molecule has 2 fully saturated rings. The van der Waals surface area contributed by atoms with Gasteiger partial charge in [-0.1, -0.05) is 25.1 Å². The van der Waals surface area contributed by atoms with E-state index in [1.807, 2.05) is 24.8 Å². The second-order valence-electron chi connectivity index (χ2n) is 7.71. The van der Waals surface area contributed by atoms with Gasteiger partial charge >= 0.3 is 0 Å². The van der Waals surface area contributed by atoms with Crippen LogP contribution in [0.2, 0.25) is 0 Å². The Morgan fingerprint density at radius 2 is 1.97 bits per heavy atom. The summed E-state index contributed by atoms with van der Waals surface area (Å²) in [7, 11) is -3.07. The van der Waals surface area contributed by atoms with E-state index < -0.39 is 9.84 Å². The molecule has 1 amide bonds. The number of rotatable bonds is 7.